The third kappa shape index (κ3) is 4.35. The minimum absolute atomic E-state index is 0.270. The van der Waals surface area contributed by atoms with Crippen LogP contribution < -0.4 is 5.32 Å². The van der Waals surface area contributed by atoms with Gasteiger partial charge in [-0.25, -0.2) is 8.78 Å². The molecule has 102 valence electrons. The zero-order valence-corrected chi connectivity index (χ0v) is 11.1. The minimum Gasteiger partial charge on any atom is -0.389 e. The van der Waals surface area contributed by atoms with Crippen LogP contribution in [-0.4, -0.2) is 17.3 Å². The Morgan fingerprint density at radius 3 is 2.61 bits per heavy atom. The second kappa shape index (κ2) is 6.25. The summed E-state index contributed by atoms with van der Waals surface area (Å²) in [7, 11) is 0. The van der Waals surface area contributed by atoms with Crippen LogP contribution in [0.1, 0.15) is 45.2 Å². The molecule has 0 heterocycles. The van der Waals surface area contributed by atoms with Crippen LogP contribution in [0.4, 0.5) is 8.78 Å². The number of halogens is 2. The Hall–Kier alpha value is -1.00. The van der Waals surface area contributed by atoms with Crippen molar-refractivity contribution in [3.05, 3.63) is 35.4 Å². The van der Waals surface area contributed by atoms with Gasteiger partial charge >= 0.3 is 0 Å². The van der Waals surface area contributed by atoms with Crippen LogP contribution in [0.5, 0.6) is 0 Å². The van der Waals surface area contributed by atoms with Gasteiger partial charge in [0, 0.05) is 24.2 Å². The topological polar surface area (TPSA) is 32.3 Å². The van der Waals surface area contributed by atoms with E-state index in [2.05, 4.69) is 5.32 Å². The summed E-state index contributed by atoms with van der Waals surface area (Å²) in [5.41, 5.74) is -0.400. The second-order valence-electron chi connectivity index (χ2n) is 5.02. The highest BCUT2D eigenvalue weighted by molar-refractivity contribution is 5.21. The van der Waals surface area contributed by atoms with E-state index in [-0.39, 0.29) is 6.04 Å². The van der Waals surface area contributed by atoms with Crippen LogP contribution >= 0.6 is 0 Å². The van der Waals surface area contributed by atoms with Gasteiger partial charge in [-0.05, 0) is 26.3 Å². The van der Waals surface area contributed by atoms with E-state index in [0.29, 0.717) is 18.5 Å². The van der Waals surface area contributed by atoms with Gasteiger partial charge in [0.05, 0.1) is 5.60 Å². The maximum Gasteiger partial charge on any atom is 0.130 e. The smallest absolute Gasteiger partial charge is 0.130 e. The van der Waals surface area contributed by atoms with Gasteiger partial charge in [0.2, 0.25) is 0 Å². The summed E-state index contributed by atoms with van der Waals surface area (Å²) in [6, 6.07) is 3.27. The molecule has 2 atom stereocenters. The Balaban J connectivity index is 2.63. The number of rotatable bonds is 6. The van der Waals surface area contributed by atoms with Crippen molar-refractivity contribution in [2.75, 3.05) is 6.54 Å². The number of benzene rings is 1. The first-order chi connectivity index (χ1) is 8.35. The largest absolute Gasteiger partial charge is 0.389 e. The first kappa shape index (κ1) is 15.1. The molecular weight excluding hydrogens is 236 g/mol. The second-order valence-corrected chi connectivity index (χ2v) is 5.02. The fourth-order valence-electron chi connectivity index (χ4n) is 1.96. The van der Waals surface area contributed by atoms with E-state index in [4.69, 9.17) is 0 Å². The molecule has 0 fully saturated rings. The van der Waals surface area contributed by atoms with E-state index in [1.807, 2.05) is 6.92 Å². The van der Waals surface area contributed by atoms with Crippen LogP contribution in [0, 0.1) is 11.6 Å². The normalized spacial score (nSPS) is 16.3. The Morgan fingerprint density at radius 2 is 2.06 bits per heavy atom. The van der Waals surface area contributed by atoms with Crippen LogP contribution in [0.3, 0.4) is 0 Å². The predicted octanol–water partition coefficient (Wildman–Crippen LogP) is 3.17. The van der Waals surface area contributed by atoms with Crippen molar-refractivity contribution in [3.63, 3.8) is 0 Å². The average Bonchev–Trinajstić information content (AvgIpc) is 2.26. The van der Waals surface area contributed by atoms with Crippen molar-refractivity contribution in [2.24, 2.45) is 0 Å². The zero-order chi connectivity index (χ0) is 13.8. The molecule has 1 aromatic rings. The number of hydrogen-bond acceptors (Lipinski definition) is 2. The van der Waals surface area contributed by atoms with Crippen molar-refractivity contribution in [1.82, 2.24) is 5.32 Å². The Morgan fingerprint density at radius 1 is 1.39 bits per heavy atom. The maximum atomic E-state index is 13.5. The third-order valence-electron chi connectivity index (χ3n) is 3.01. The van der Waals surface area contributed by atoms with E-state index in [1.54, 1.807) is 13.8 Å². The highest BCUT2D eigenvalue weighted by Gasteiger charge is 2.20. The summed E-state index contributed by atoms with van der Waals surface area (Å²) >= 11 is 0. The molecule has 18 heavy (non-hydrogen) atoms. The lowest BCUT2D eigenvalue weighted by Crippen LogP contribution is -2.38. The number of hydrogen-bond donors (Lipinski definition) is 2. The number of nitrogens with one attached hydrogen (secondary N) is 1. The molecule has 2 nitrogen and oxygen atoms in total. The summed E-state index contributed by atoms with van der Waals surface area (Å²) in [6.45, 7) is 5.91. The molecular formula is C14H21F2NO. The fraction of sp³-hybridized carbons (Fsp3) is 0.571. The first-order valence-corrected chi connectivity index (χ1v) is 6.26. The molecule has 1 rings (SSSR count). The van der Waals surface area contributed by atoms with Crippen molar-refractivity contribution >= 4 is 0 Å². The third-order valence-corrected chi connectivity index (χ3v) is 3.01. The van der Waals surface area contributed by atoms with Gasteiger partial charge in [0.1, 0.15) is 11.6 Å². The molecule has 0 spiro atoms. The standard InChI is InChI=1S/C14H21F2NO/c1-4-7-14(3,18)9-17-10(2)12-6-5-11(15)8-13(12)16/h5-6,8,10,17-18H,4,7,9H2,1-3H3. The maximum absolute atomic E-state index is 13.5. The molecule has 0 saturated carbocycles. The van der Waals surface area contributed by atoms with Crippen LogP contribution in [0.2, 0.25) is 0 Å². The van der Waals surface area contributed by atoms with Crippen molar-refractivity contribution in [2.45, 2.75) is 45.3 Å². The van der Waals surface area contributed by atoms with Gasteiger partial charge in [-0.3, -0.25) is 0 Å². The SMILES string of the molecule is CCCC(C)(O)CNC(C)c1ccc(F)cc1F. The highest BCUT2D eigenvalue weighted by atomic mass is 19.1. The Labute approximate surface area is 107 Å². The molecule has 0 saturated heterocycles. The lowest BCUT2D eigenvalue weighted by atomic mass is 9.99. The minimum atomic E-state index is -0.806. The lowest BCUT2D eigenvalue weighted by Gasteiger charge is -2.26. The molecule has 2 N–H and O–H groups in total. The van der Waals surface area contributed by atoms with Gasteiger partial charge in [0.15, 0.2) is 0 Å². The van der Waals surface area contributed by atoms with Gasteiger partial charge in [-0.2, -0.15) is 0 Å². The van der Waals surface area contributed by atoms with E-state index in [0.717, 1.165) is 12.5 Å². The molecule has 0 amide bonds. The van der Waals surface area contributed by atoms with Crippen molar-refractivity contribution in [1.29, 1.82) is 0 Å². The van der Waals surface area contributed by atoms with Crippen LogP contribution in [0.25, 0.3) is 0 Å². The predicted molar refractivity (Wildman–Crippen MR) is 68.3 cm³/mol. The molecule has 0 bridgehead atoms. The van der Waals surface area contributed by atoms with Gasteiger partial charge < -0.3 is 10.4 Å². The van der Waals surface area contributed by atoms with Gasteiger partial charge in [0.25, 0.3) is 0 Å². The molecule has 1 aromatic carbocycles. The molecule has 0 radical (unpaired) electrons. The zero-order valence-electron chi connectivity index (χ0n) is 11.1. The molecule has 0 aliphatic heterocycles. The van der Waals surface area contributed by atoms with Gasteiger partial charge in [-0.1, -0.05) is 19.4 Å². The highest BCUT2D eigenvalue weighted by Crippen LogP contribution is 2.19. The van der Waals surface area contributed by atoms with Crippen LogP contribution in [-0.2, 0) is 0 Å². The van der Waals surface area contributed by atoms with E-state index in [1.165, 1.54) is 12.1 Å². The molecule has 0 aliphatic rings. The summed E-state index contributed by atoms with van der Waals surface area (Å²) in [6.07, 6.45) is 1.56. The summed E-state index contributed by atoms with van der Waals surface area (Å²) in [5, 5.41) is 13.1. The molecule has 4 heteroatoms. The number of aliphatic hydroxyl groups is 1. The van der Waals surface area contributed by atoms with Gasteiger partial charge in [-0.15, -0.1) is 0 Å². The Bertz CT molecular complexity index is 393. The van der Waals surface area contributed by atoms with Crippen molar-refractivity contribution in [3.8, 4) is 0 Å². The summed E-state index contributed by atoms with van der Waals surface area (Å²) in [5.74, 6) is -1.15. The molecule has 0 aromatic heterocycles. The molecule has 0 aliphatic carbocycles. The summed E-state index contributed by atoms with van der Waals surface area (Å²) in [4.78, 5) is 0. The quantitative estimate of drug-likeness (QED) is 0.820. The van der Waals surface area contributed by atoms with Crippen LogP contribution in [0.15, 0.2) is 18.2 Å². The van der Waals surface area contributed by atoms with Crippen molar-refractivity contribution < 1.29 is 13.9 Å². The fourth-order valence-corrected chi connectivity index (χ4v) is 1.96. The van der Waals surface area contributed by atoms with E-state index in [9.17, 15) is 13.9 Å². The lowest BCUT2D eigenvalue weighted by molar-refractivity contribution is 0.0475. The summed E-state index contributed by atoms with van der Waals surface area (Å²) < 4.78 is 26.3. The first-order valence-electron chi connectivity index (χ1n) is 6.26. The average molecular weight is 257 g/mol. The Kier molecular flexibility index (Phi) is 5.23. The van der Waals surface area contributed by atoms with E-state index >= 15 is 0 Å². The molecule has 2 unspecified atom stereocenters. The van der Waals surface area contributed by atoms with E-state index < -0.39 is 17.2 Å². The monoisotopic (exact) mass is 257 g/mol.